The fourth-order valence-corrected chi connectivity index (χ4v) is 1.34. The summed E-state index contributed by atoms with van der Waals surface area (Å²) >= 11 is 0. The maximum atomic E-state index is 5.98. The van der Waals surface area contributed by atoms with Crippen molar-refractivity contribution in [2.75, 3.05) is 0 Å². The molecule has 0 unspecified atom stereocenters. The second-order valence-corrected chi connectivity index (χ2v) is 4.56. The molecular weight excluding hydrogens is 174 g/mol. The first-order valence-corrected chi connectivity index (χ1v) is 5.12. The SMILES string of the molecule is CC(C)(N)c1ccc(OC2CC2)cc1. The highest BCUT2D eigenvalue weighted by Gasteiger charge is 2.23. The molecule has 2 heteroatoms. The maximum absolute atomic E-state index is 5.98. The van der Waals surface area contributed by atoms with Gasteiger partial charge in [0.05, 0.1) is 6.10 Å². The molecule has 1 aliphatic carbocycles. The Hall–Kier alpha value is -1.02. The van der Waals surface area contributed by atoms with Crippen LogP contribution >= 0.6 is 0 Å². The van der Waals surface area contributed by atoms with Gasteiger partial charge in [0.15, 0.2) is 0 Å². The van der Waals surface area contributed by atoms with Crippen molar-refractivity contribution in [3.8, 4) is 5.75 Å². The molecule has 1 aliphatic rings. The van der Waals surface area contributed by atoms with E-state index in [-0.39, 0.29) is 5.54 Å². The van der Waals surface area contributed by atoms with E-state index < -0.39 is 0 Å². The minimum Gasteiger partial charge on any atom is -0.490 e. The first kappa shape index (κ1) is 9.53. The molecule has 2 N–H and O–H groups in total. The lowest BCUT2D eigenvalue weighted by Crippen LogP contribution is -2.28. The molecule has 0 aliphatic heterocycles. The number of hydrogen-bond acceptors (Lipinski definition) is 2. The zero-order chi connectivity index (χ0) is 10.2. The van der Waals surface area contributed by atoms with E-state index in [4.69, 9.17) is 10.5 Å². The maximum Gasteiger partial charge on any atom is 0.119 e. The van der Waals surface area contributed by atoms with Crippen LogP contribution in [0.2, 0.25) is 0 Å². The highest BCUT2D eigenvalue weighted by molar-refractivity contribution is 5.31. The van der Waals surface area contributed by atoms with Gasteiger partial charge >= 0.3 is 0 Å². The molecule has 1 saturated carbocycles. The third-order valence-electron chi connectivity index (χ3n) is 2.43. The molecule has 1 aromatic carbocycles. The van der Waals surface area contributed by atoms with Gasteiger partial charge in [0.25, 0.3) is 0 Å². The van der Waals surface area contributed by atoms with Crippen LogP contribution in [-0.4, -0.2) is 6.10 Å². The summed E-state index contributed by atoms with van der Waals surface area (Å²) in [7, 11) is 0. The van der Waals surface area contributed by atoms with Crippen LogP contribution in [0.25, 0.3) is 0 Å². The standard InChI is InChI=1S/C12H17NO/c1-12(2,13)9-3-5-10(6-4-9)14-11-7-8-11/h3-6,11H,7-8,13H2,1-2H3. The van der Waals surface area contributed by atoms with Crippen LogP contribution in [0.5, 0.6) is 5.75 Å². The van der Waals surface area contributed by atoms with Gasteiger partial charge < -0.3 is 10.5 Å². The third-order valence-corrected chi connectivity index (χ3v) is 2.43. The second-order valence-electron chi connectivity index (χ2n) is 4.56. The van der Waals surface area contributed by atoms with Gasteiger partial charge in [0, 0.05) is 5.54 Å². The van der Waals surface area contributed by atoms with Crippen LogP contribution in [0.15, 0.2) is 24.3 Å². The Balaban J connectivity index is 2.08. The average molecular weight is 191 g/mol. The molecule has 2 rings (SSSR count). The lowest BCUT2D eigenvalue weighted by Gasteiger charge is -2.19. The normalized spacial score (nSPS) is 16.8. The van der Waals surface area contributed by atoms with Crippen LogP contribution in [0.4, 0.5) is 0 Å². The van der Waals surface area contributed by atoms with Gasteiger partial charge in [-0.3, -0.25) is 0 Å². The molecule has 0 amide bonds. The van der Waals surface area contributed by atoms with Crippen molar-refractivity contribution in [3.05, 3.63) is 29.8 Å². The molecule has 1 aromatic rings. The molecule has 0 spiro atoms. The predicted octanol–water partition coefficient (Wildman–Crippen LogP) is 2.42. The summed E-state index contributed by atoms with van der Waals surface area (Å²) in [5, 5.41) is 0. The summed E-state index contributed by atoms with van der Waals surface area (Å²) in [6.45, 7) is 4.01. The Morgan fingerprint density at radius 1 is 1.21 bits per heavy atom. The number of rotatable bonds is 3. The van der Waals surface area contributed by atoms with Gasteiger partial charge in [-0.05, 0) is 44.4 Å². The van der Waals surface area contributed by atoms with Crippen LogP contribution in [0.3, 0.4) is 0 Å². The van der Waals surface area contributed by atoms with E-state index in [1.807, 2.05) is 38.1 Å². The van der Waals surface area contributed by atoms with Crippen molar-refractivity contribution in [2.45, 2.75) is 38.3 Å². The smallest absolute Gasteiger partial charge is 0.119 e. The van der Waals surface area contributed by atoms with E-state index >= 15 is 0 Å². The zero-order valence-electron chi connectivity index (χ0n) is 8.79. The predicted molar refractivity (Wildman–Crippen MR) is 57.3 cm³/mol. The number of hydrogen-bond donors (Lipinski definition) is 1. The van der Waals surface area contributed by atoms with Gasteiger partial charge in [-0.25, -0.2) is 0 Å². The van der Waals surface area contributed by atoms with Gasteiger partial charge in [-0.15, -0.1) is 0 Å². The number of ether oxygens (including phenoxy) is 1. The minimum atomic E-state index is -0.266. The van der Waals surface area contributed by atoms with E-state index in [2.05, 4.69) is 0 Å². The van der Waals surface area contributed by atoms with Crippen LogP contribution < -0.4 is 10.5 Å². The third kappa shape index (κ3) is 2.26. The molecule has 0 heterocycles. The summed E-state index contributed by atoms with van der Waals surface area (Å²) in [6.07, 6.45) is 2.86. The highest BCUT2D eigenvalue weighted by atomic mass is 16.5. The van der Waals surface area contributed by atoms with E-state index in [0.29, 0.717) is 6.10 Å². The molecule has 14 heavy (non-hydrogen) atoms. The van der Waals surface area contributed by atoms with E-state index in [1.165, 1.54) is 12.8 Å². The van der Waals surface area contributed by atoms with Crippen LogP contribution in [-0.2, 0) is 5.54 Å². The quantitative estimate of drug-likeness (QED) is 0.796. The molecule has 76 valence electrons. The summed E-state index contributed by atoms with van der Waals surface area (Å²) in [6, 6.07) is 8.08. The Labute approximate surface area is 85.1 Å². The van der Waals surface area contributed by atoms with Gasteiger partial charge in [-0.1, -0.05) is 12.1 Å². The molecule has 2 nitrogen and oxygen atoms in total. The summed E-state index contributed by atoms with van der Waals surface area (Å²) in [5.41, 5.74) is 6.85. The zero-order valence-corrected chi connectivity index (χ0v) is 8.79. The topological polar surface area (TPSA) is 35.2 Å². The summed E-state index contributed by atoms with van der Waals surface area (Å²) in [4.78, 5) is 0. The Bertz CT molecular complexity index is 306. The summed E-state index contributed by atoms with van der Waals surface area (Å²) in [5.74, 6) is 0.959. The van der Waals surface area contributed by atoms with Crippen molar-refractivity contribution < 1.29 is 4.74 Å². The van der Waals surface area contributed by atoms with Gasteiger partial charge in [-0.2, -0.15) is 0 Å². The Morgan fingerprint density at radius 3 is 2.21 bits per heavy atom. The van der Waals surface area contributed by atoms with E-state index in [1.54, 1.807) is 0 Å². The van der Waals surface area contributed by atoms with Crippen molar-refractivity contribution >= 4 is 0 Å². The molecule has 0 atom stereocenters. The molecule has 0 bridgehead atoms. The van der Waals surface area contributed by atoms with Crippen molar-refractivity contribution in [3.63, 3.8) is 0 Å². The molecule has 1 fully saturated rings. The molecule has 0 radical (unpaired) electrons. The number of nitrogens with two attached hydrogens (primary N) is 1. The van der Waals surface area contributed by atoms with Crippen molar-refractivity contribution in [1.82, 2.24) is 0 Å². The van der Waals surface area contributed by atoms with Crippen LogP contribution in [0, 0.1) is 0 Å². The van der Waals surface area contributed by atoms with Crippen molar-refractivity contribution in [1.29, 1.82) is 0 Å². The highest BCUT2D eigenvalue weighted by Crippen LogP contribution is 2.27. The molecule has 0 saturated heterocycles. The van der Waals surface area contributed by atoms with Gasteiger partial charge in [0.2, 0.25) is 0 Å². The van der Waals surface area contributed by atoms with Crippen molar-refractivity contribution in [2.24, 2.45) is 5.73 Å². The lowest BCUT2D eigenvalue weighted by molar-refractivity contribution is 0.303. The van der Waals surface area contributed by atoms with E-state index in [9.17, 15) is 0 Å². The Morgan fingerprint density at radius 2 is 1.79 bits per heavy atom. The fourth-order valence-electron chi connectivity index (χ4n) is 1.34. The number of benzene rings is 1. The first-order chi connectivity index (χ1) is 6.55. The van der Waals surface area contributed by atoms with Crippen LogP contribution in [0.1, 0.15) is 32.3 Å². The monoisotopic (exact) mass is 191 g/mol. The van der Waals surface area contributed by atoms with Gasteiger partial charge in [0.1, 0.15) is 5.75 Å². The average Bonchev–Trinajstić information content (AvgIpc) is 2.88. The van der Waals surface area contributed by atoms with E-state index in [0.717, 1.165) is 11.3 Å². The molecular formula is C12H17NO. The largest absolute Gasteiger partial charge is 0.490 e. The molecule has 0 aromatic heterocycles. The summed E-state index contributed by atoms with van der Waals surface area (Å²) < 4.78 is 5.65. The lowest BCUT2D eigenvalue weighted by atomic mass is 9.96. The second kappa shape index (κ2) is 3.28. The fraction of sp³-hybridized carbons (Fsp3) is 0.500. The minimum absolute atomic E-state index is 0.266. The first-order valence-electron chi connectivity index (χ1n) is 5.12. The Kier molecular flexibility index (Phi) is 2.23.